The average molecular weight is 515 g/mol. The van der Waals surface area contributed by atoms with Gasteiger partial charge in [-0.15, -0.1) is 0 Å². The molecule has 1 spiro atoms. The first-order valence-electron chi connectivity index (χ1n) is 13.1. The van der Waals surface area contributed by atoms with Crippen LogP contribution in [0.15, 0.2) is 24.4 Å². The van der Waals surface area contributed by atoms with Crippen LogP contribution in [0, 0.1) is 11.3 Å². The van der Waals surface area contributed by atoms with Crippen LogP contribution in [0.3, 0.4) is 0 Å². The number of pyridine rings is 1. The summed E-state index contributed by atoms with van der Waals surface area (Å²) in [4.78, 5) is 22.2. The predicted molar refractivity (Wildman–Crippen MR) is 140 cm³/mol. The number of nitrogens with one attached hydrogen (secondary N) is 1. The van der Waals surface area contributed by atoms with Crippen molar-refractivity contribution >= 4 is 39.8 Å². The van der Waals surface area contributed by atoms with Crippen molar-refractivity contribution < 1.29 is 19.4 Å². The molecule has 0 unspecified atom stereocenters. The molecule has 2 aromatic rings. The maximum atomic E-state index is 13.1. The zero-order chi connectivity index (χ0) is 24.9. The van der Waals surface area contributed by atoms with Gasteiger partial charge in [0.25, 0.3) is 0 Å². The lowest BCUT2D eigenvalue weighted by Crippen LogP contribution is -2.60. The Balaban J connectivity index is 1.16. The minimum Gasteiger partial charge on any atom is -0.389 e. The van der Waals surface area contributed by atoms with Crippen molar-refractivity contribution in [3.05, 3.63) is 29.4 Å². The number of ether oxygens (including phenoxy) is 2. The number of rotatable bonds is 4. The van der Waals surface area contributed by atoms with E-state index in [9.17, 15) is 9.90 Å². The van der Waals surface area contributed by atoms with Gasteiger partial charge < -0.3 is 24.8 Å². The van der Waals surface area contributed by atoms with Gasteiger partial charge in [-0.2, -0.15) is 0 Å². The molecule has 1 aromatic heterocycles. The van der Waals surface area contributed by atoms with Crippen LogP contribution in [0.4, 0.5) is 11.5 Å². The number of hydrogen-bond donors (Lipinski definition) is 2. The number of aliphatic hydroxyl groups is 1. The average Bonchev–Trinajstić information content (AvgIpc) is 3.22. The highest BCUT2D eigenvalue weighted by molar-refractivity contribution is 6.34. The number of benzene rings is 1. The summed E-state index contributed by atoms with van der Waals surface area (Å²) in [6.07, 6.45) is 5.31. The highest BCUT2D eigenvalue weighted by Crippen LogP contribution is 2.53. The monoisotopic (exact) mass is 514 g/mol. The lowest BCUT2D eigenvalue weighted by atomic mass is 9.56. The van der Waals surface area contributed by atoms with Gasteiger partial charge in [-0.3, -0.25) is 9.69 Å². The Morgan fingerprint density at radius 2 is 1.89 bits per heavy atom. The minimum atomic E-state index is -0.462. The molecular formula is C27H35ClN4O4. The molecule has 6 rings (SSSR count). The molecule has 0 radical (unpaired) electrons. The summed E-state index contributed by atoms with van der Waals surface area (Å²) < 4.78 is 11.1. The van der Waals surface area contributed by atoms with Crippen molar-refractivity contribution in [1.29, 1.82) is 0 Å². The molecule has 4 heterocycles. The van der Waals surface area contributed by atoms with E-state index >= 15 is 0 Å². The molecule has 4 fully saturated rings. The zero-order valence-electron chi connectivity index (χ0n) is 20.8. The van der Waals surface area contributed by atoms with Gasteiger partial charge in [0.15, 0.2) is 0 Å². The Hall–Kier alpha value is -1.97. The van der Waals surface area contributed by atoms with Gasteiger partial charge in [0.05, 0.1) is 35.6 Å². The lowest BCUT2D eigenvalue weighted by Gasteiger charge is -2.50. The molecule has 3 aliphatic heterocycles. The predicted octanol–water partition coefficient (Wildman–Crippen LogP) is 3.31. The van der Waals surface area contributed by atoms with Crippen LogP contribution < -0.4 is 10.2 Å². The Morgan fingerprint density at radius 1 is 1.11 bits per heavy atom. The summed E-state index contributed by atoms with van der Waals surface area (Å²) in [5.41, 5.74) is 0.766. The van der Waals surface area contributed by atoms with Crippen molar-refractivity contribution in [2.75, 3.05) is 62.8 Å². The van der Waals surface area contributed by atoms with E-state index in [2.05, 4.69) is 33.1 Å². The van der Waals surface area contributed by atoms with Crippen molar-refractivity contribution in [3.63, 3.8) is 0 Å². The third-order valence-electron chi connectivity index (χ3n) is 9.24. The number of nitrogens with zero attached hydrogens (tertiary/aromatic N) is 3. The standard InChI is InChI=1S/C27H35ClN4O4/c1-26(17-36-16-23(26)33)32-8-6-31(7-9-32)22-13-18-14-24(29-15-19(18)12-21(22)28)30-25(34)20-2-3-27(20)4-10-35-11-5-27/h12-15,20,23,33H,2-11,16-17H2,1H3,(H,29,30,34)/t20-,23-,26+/m0/s1. The maximum absolute atomic E-state index is 13.1. The molecular weight excluding hydrogens is 480 g/mol. The summed E-state index contributed by atoms with van der Waals surface area (Å²) in [6.45, 7) is 7.84. The Labute approximate surface area is 216 Å². The van der Waals surface area contributed by atoms with Gasteiger partial charge in [0.2, 0.25) is 5.91 Å². The molecule has 1 amide bonds. The molecule has 0 bridgehead atoms. The first-order valence-corrected chi connectivity index (χ1v) is 13.5. The summed E-state index contributed by atoms with van der Waals surface area (Å²) >= 11 is 6.70. The molecule has 36 heavy (non-hydrogen) atoms. The molecule has 1 saturated carbocycles. The second-order valence-corrected chi connectivity index (χ2v) is 11.5. The quantitative estimate of drug-likeness (QED) is 0.647. The minimum absolute atomic E-state index is 0.0432. The second-order valence-electron chi connectivity index (χ2n) is 11.1. The van der Waals surface area contributed by atoms with Crippen LogP contribution in [0.25, 0.3) is 10.8 Å². The maximum Gasteiger partial charge on any atom is 0.229 e. The fourth-order valence-corrected chi connectivity index (χ4v) is 6.87. The van der Waals surface area contributed by atoms with E-state index in [0.717, 1.165) is 81.5 Å². The van der Waals surface area contributed by atoms with Crippen molar-refractivity contribution in [1.82, 2.24) is 9.88 Å². The van der Waals surface area contributed by atoms with Crippen LogP contribution in [-0.2, 0) is 14.3 Å². The Kier molecular flexibility index (Phi) is 6.37. The molecule has 9 heteroatoms. The van der Waals surface area contributed by atoms with Gasteiger partial charge in [-0.1, -0.05) is 11.6 Å². The van der Waals surface area contributed by atoms with E-state index in [1.807, 2.05) is 12.1 Å². The van der Waals surface area contributed by atoms with Gasteiger partial charge in [-0.05, 0) is 61.6 Å². The Bertz CT molecular complexity index is 1150. The van der Waals surface area contributed by atoms with Crippen LogP contribution in [-0.4, -0.2) is 85.1 Å². The zero-order valence-corrected chi connectivity index (χ0v) is 21.6. The third-order valence-corrected chi connectivity index (χ3v) is 9.55. The highest BCUT2D eigenvalue weighted by Gasteiger charge is 2.51. The number of fused-ring (bicyclic) bond motifs is 1. The van der Waals surface area contributed by atoms with Crippen molar-refractivity contribution in [2.24, 2.45) is 11.3 Å². The molecule has 2 N–H and O–H groups in total. The first-order chi connectivity index (χ1) is 17.4. The highest BCUT2D eigenvalue weighted by atomic mass is 35.5. The largest absolute Gasteiger partial charge is 0.389 e. The molecule has 8 nitrogen and oxygen atoms in total. The summed E-state index contributed by atoms with van der Waals surface area (Å²) in [7, 11) is 0. The van der Waals surface area contributed by atoms with Crippen molar-refractivity contribution in [2.45, 2.75) is 44.2 Å². The smallest absolute Gasteiger partial charge is 0.229 e. The fraction of sp³-hybridized carbons (Fsp3) is 0.630. The number of aliphatic hydroxyl groups excluding tert-OH is 1. The number of aromatic nitrogens is 1. The summed E-state index contributed by atoms with van der Waals surface area (Å²) in [6, 6.07) is 6.01. The molecule has 194 valence electrons. The van der Waals surface area contributed by atoms with Gasteiger partial charge >= 0.3 is 0 Å². The fourth-order valence-electron chi connectivity index (χ4n) is 6.57. The van der Waals surface area contributed by atoms with E-state index in [0.29, 0.717) is 24.1 Å². The van der Waals surface area contributed by atoms with E-state index in [1.54, 1.807) is 6.20 Å². The number of hydrogen-bond acceptors (Lipinski definition) is 7. The first kappa shape index (κ1) is 24.4. The molecule has 1 aromatic carbocycles. The van der Waals surface area contributed by atoms with Crippen LogP contribution in [0.2, 0.25) is 5.02 Å². The number of halogens is 1. The Morgan fingerprint density at radius 3 is 2.56 bits per heavy atom. The van der Waals surface area contributed by atoms with E-state index < -0.39 is 6.10 Å². The molecule has 1 aliphatic carbocycles. The van der Waals surface area contributed by atoms with Gasteiger partial charge in [0.1, 0.15) is 5.82 Å². The van der Waals surface area contributed by atoms with E-state index in [4.69, 9.17) is 21.1 Å². The van der Waals surface area contributed by atoms with E-state index in [1.165, 1.54) is 0 Å². The van der Waals surface area contributed by atoms with Gasteiger partial charge in [-0.25, -0.2) is 4.98 Å². The number of carbonyl (C=O) groups excluding carboxylic acids is 1. The molecule has 3 atom stereocenters. The normalized spacial score (nSPS) is 30.5. The topological polar surface area (TPSA) is 87.2 Å². The van der Waals surface area contributed by atoms with Crippen LogP contribution in [0.5, 0.6) is 0 Å². The van der Waals surface area contributed by atoms with Gasteiger partial charge in [0, 0.05) is 56.9 Å². The second kappa shape index (κ2) is 9.40. The number of carbonyl (C=O) groups is 1. The molecule has 3 saturated heterocycles. The summed E-state index contributed by atoms with van der Waals surface area (Å²) in [5, 5.41) is 16.2. The van der Waals surface area contributed by atoms with E-state index in [-0.39, 0.29) is 22.8 Å². The van der Waals surface area contributed by atoms with Crippen LogP contribution in [0.1, 0.15) is 32.6 Å². The van der Waals surface area contributed by atoms with Crippen molar-refractivity contribution in [3.8, 4) is 0 Å². The number of anilines is 2. The molecule has 4 aliphatic rings. The summed E-state index contributed by atoms with van der Waals surface area (Å²) in [5.74, 6) is 0.705. The SMILES string of the molecule is C[C@@]1(N2CCN(c3cc4cc(NC(=O)[C@@H]5CCC56CCOCC6)ncc4cc3Cl)CC2)COC[C@@H]1O. The number of piperazine rings is 1. The lowest BCUT2D eigenvalue weighted by molar-refractivity contribution is -0.138. The third kappa shape index (κ3) is 4.17. The van der Waals surface area contributed by atoms with Crippen LogP contribution >= 0.6 is 11.6 Å². The number of amides is 1.